The van der Waals surface area contributed by atoms with Crippen molar-refractivity contribution in [2.75, 3.05) is 32.1 Å². The number of rotatable bonds is 9. The fourth-order valence-corrected chi connectivity index (χ4v) is 2.64. The van der Waals surface area contributed by atoms with Crippen LogP contribution in [0.25, 0.3) is 0 Å². The molecule has 0 atom stereocenters. The van der Waals surface area contributed by atoms with Crippen molar-refractivity contribution in [3.63, 3.8) is 0 Å². The van der Waals surface area contributed by atoms with Crippen LogP contribution >= 0.6 is 0 Å². The molecule has 1 fully saturated rings. The number of anilines is 1. The number of alkyl halides is 3. The Morgan fingerprint density at radius 3 is 2.70 bits per heavy atom. The van der Waals surface area contributed by atoms with E-state index in [-0.39, 0.29) is 5.95 Å². The molecule has 1 aromatic carbocycles. The number of halogens is 3. The molecule has 30 heavy (non-hydrogen) atoms. The third-order valence-electron chi connectivity index (χ3n) is 4.46. The molecule has 0 saturated heterocycles. The van der Waals surface area contributed by atoms with Crippen molar-refractivity contribution in [2.24, 2.45) is 10.9 Å². The lowest BCUT2D eigenvalue weighted by molar-refractivity contribution is -0.141. The highest BCUT2D eigenvalue weighted by atomic mass is 19.4. The molecule has 1 aromatic heterocycles. The first-order valence-electron chi connectivity index (χ1n) is 9.75. The van der Waals surface area contributed by atoms with E-state index in [4.69, 9.17) is 4.74 Å². The van der Waals surface area contributed by atoms with Crippen LogP contribution in [0, 0.1) is 5.92 Å². The number of guanidine groups is 1. The molecule has 10 heteroatoms. The SMILES string of the molecule is CN=C(NCCNc1nccc(C(F)(F)F)n1)NCc1ccccc1OCC1CC1. The number of ether oxygens (including phenoxy) is 1. The maximum atomic E-state index is 12.7. The summed E-state index contributed by atoms with van der Waals surface area (Å²) in [6.07, 6.45) is -0.954. The fraction of sp³-hybridized carbons (Fsp3) is 0.450. The molecule has 0 radical (unpaired) electrons. The minimum atomic E-state index is -4.50. The van der Waals surface area contributed by atoms with Crippen LogP contribution in [-0.2, 0) is 12.7 Å². The minimum absolute atomic E-state index is 0.0729. The van der Waals surface area contributed by atoms with Gasteiger partial charge in [0.15, 0.2) is 5.96 Å². The van der Waals surface area contributed by atoms with Crippen molar-refractivity contribution in [1.29, 1.82) is 0 Å². The van der Waals surface area contributed by atoms with Crippen LogP contribution in [0.3, 0.4) is 0 Å². The molecule has 162 valence electrons. The molecule has 0 spiro atoms. The summed E-state index contributed by atoms with van der Waals surface area (Å²) in [5, 5.41) is 9.07. The number of aromatic nitrogens is 2. The van der Waals surface area contributed by atoms with Gasteiger partial charge in [-0.25, -0.2) is 9.97 Å². The summed E-state index contributed by atoms with van der Waals surface area (Å²) in [6, 6.07) is 8.68. The predicted octanol–water partition coefficient (Wildman–Crippen LogP) is 3.06. The largest absolute Gasteiger partial charge is 0.493 e. The lowest BCUT2D eigenvalue weighted by Gasteiger charge is -2.15. The minimum Gasteiger partial charge on any atom is -0.493 e. The van der Waals surface area contributed by atoms with Gasteiger partial charge < -0.3 is 20.7 Å². The van der Waals surface area contributed by atoms with Crippen molar-refractivity contribution in [3.8, 4) is 5.75 Å². The Kier molecular flexibility index (Phi) is 7.31. The van der Waals surface area contributed by atoms with Gasteiger partial charge in [0.2, 0.25) is 5.95 Å². The van der Waals surface area contributed by atoms with E-state index in [0.29, 0.717) is 31.5 Å². The number of aliphatic imine (C=N–C) groups is 1. The number of hydrogen-bond acceptors (Lipinski definition) is 5. The Balaban J connectivity index is 1.42. The molecule has 3 N–H and O–H groups in total. The van der Waals surface area contributed by atoms with Gasteiger partial charge in [-0.3, -0.25) is 4.99 Å². The summed E-state index contributed by atoms with van der Waals surface area (Å²) in [6.45, 7) is 2.01. The molecule has 1 aliphatic rings. The van der Waals surface area contributed by atoms with E-state index in [1.54, 1.807) is 7.05 Å². The second kappa shape index (κ2) is 10.1. The van der Waals surface area contributed by atoms with Crippen molar-refractivity contribution < 1.29 is 17.9 Å². The molecule has 0 amide bonds. The average molecular weight is 422 g/mol. The molecule has 3 rings (SSSR count). The van der Waals surface area contributed by atoms with E-state index in [1.165, 1.54) is 12.8 Å². The van der Waals surface area contributed by atoms with Gasteiger partial charge >= 0.3 is 6.18 Å². The average Bonchev–Trinajstić information content (AvgIpc) is 3.56. The maximum Gasteiger partial charge on any atom is 0.433 e. The van der Waals surface area contributed by atoms with Crippen LogP contribution in [0.5, 0.6) is 5.75 Å². The van der Waals surface area contributed by atoms with E-state index in [9.17, 15) is 13.2 Å². The van der Waals surface area contributed by atoms with Crippen LogP contribution in [0.1, 0.15) is 24.1 Å². The molecular formula is C20H25F3N6O. The number of nitrogens with zero attached hydrogens (tertiary/aromatic N) is 3. The summed E-state index contributed by atoms with van der Waals surface area (Å²) in [5.41, 5.74) is 0.0459. The number of nitrogens with one attached hydrogen (secondary N) is 3. The lowest BCUT2D eigenvalue weighted by atomic mass is 10.2. The molecule has 1 heterocycles. The molecule has 7 nitrogen and oxygen atoms in total. The highest BCUT2D eigenvalue weighted by molar-refractivity contribution is 5.79. The van der Waals surface area contributed by atoms with Crippen LogP contribution in [0.15, 0.2) is 41.5 Å². The first-order valence-corrected chi connectivity index (χ1v) is 9.75. The Labute approximate surface area is 173 Å². The van der Waals surface area contributed by atoms with Gasteiger partial charge in [-0.05, 0) is 30.9 Å². The fourth-order valence-electron chi connectivity index (χ4n) is 2.64. The Bertz CT molecular complexity index is 854. The second-order valence-electron chi connectivity index (χ2n) is 6.90. The van der Waals surface area contributed by atoms with Crippen LogP contribution in [-0.4, -0.2) is 42.7 Å². The van der Waals surface area contributed by atoms with E-state index >= 15 is 0 Å². The van der Waals surface area contributed by atoms with Crippen LogP contribution in [0.2, 0.25) is 0 Å². The molecule has 0 unspecified atom stereocenters. The zero-order valence-electron chi connectivity index (χ0n) is 16.7. The van der Waals surface area contributed by atoms with E-state index in [2.05, 4.69) is 30.9 Å². The first-order chi connectivity index (χ1) is 14.5. The van der Waals surface area contributed by atoms with Crippen LogP contribution < -0.4 is 20.7 Å². The smallest absolute Gasteiger partial charge is 0.433 e. The Morgan fingerprint density at radius 2 is 1.97 bits per heavy atom. The van der Waals surface area contributed by atoms with Gasteiger partial charge in [-0.15, -0.1) is 0 Å². The predicted molar refractivity (Wildman–Crippen MR) is 108 cm³/mol. The highest BCUT2D eigenvalue weighted by Gasteiger charge is 2.32. The summed E-state index contributed by atoms with van der Waals surface area (Å²) >= 11 is 0. The van der Waals surface area contributed by atoms with Gasteiger partial charge in [0.25, 0.3) is 0 Å². The van der Waals surface area contributed by atoms with Gasteiger partial charge in [0, 0.05) is 38.4 Å². The summed E-state index contributed by atoms with van der Waals surface area (Å²) in [5.74, 6) is 2.03. The third-order valence-corrected chi connectivity index (χ3v) is 4.46. The zero-order valence-corrected chi connectivity index (χ0v) is 16.7. The van der Waals surface area contributed by atoms with E-state index in [0.717, 1.165) is 30.2 Å². The Morgan fingerprint density at radius 1 is 1.17 bits per heavy atom. The number of hydrogen-bond donors (Lipinski definition) is 3. The quantitative estimate of drug-likeness (QED) is 0.327. The summed E-state index contributed by atoms with van der Waals surface area (Å²) in [7, 11) is 1.65. The van der Waals surface area contributed by atoms with Gasteiger partial charge in [-0.2, -0.15) is 13.2 Å². The van der Waals surface area contributed by atoms with Crippen molar-refractivity contribution in [3.05, 3.63) is 47.8 Å². The van der Waals surface area contributed by atoms with Gasteiger partial charge in [-0.1, -0.05) is 18.2 Å². The standard InChI is InChI=1S/C20H25F3N6O/c1-24-18(26-10-11-27-19-25-9-8-17(29-19)20(21,22)23)28-12-15-4-2-3-5-16(15)30-13-14-6-7-14/h2-5,8-9,14H,6-7,10-13H2,1H3,(H2,24,26,28)(H,25,27,29). The second-order valence-corrected chi connectivity index (χ2v) is 6.90. The van der Waals surface area contributed by atoms with Crippen molar-refractivity contribution >= 4 is 11.9 Å². The normalized spacial score (nSPS) is 14.3. The molecular weight excluding hydrogens is 397 g/mol. The van der Waals surface area contributed by atoms with Crippen molar-refractivity contribution in [2.45, 2.75) is 25.6 Å². The molecule has 1 saturated carbocycles. The topological polar surface area (TPSA) is 83.5 Å². The first kappa shape index (κ1) is 21.7. The third kappa shape index (κ3) is 6.78. The Hall–Kier alpha value is -3.04. The maximum absolute atomic E-state index is 12.7. The van der Waals surface area contributed by atoms with Crippen molar-refractivity contribution in [1.82, 2.24) is 20.6 Å². The summed E-state index contributed by atoms with van der Waals surface area (Å²) < 4.78 is 44.0. The lowest BCUT2D eigenvalue weighted by Crippen LogP contribution is -2.39. The molecule has 0 aliphatic heterocycles. The monoisotopic (exact) mass is 422 g/mol. The molecule has 2 aromatic rings. The zero-order chi connectivity index (χ0) is 21.4. The van der Waals surface area contributed by atoms with E-state index in [1.807, 2.05) is 24.3 Å². The highest BCUT2D eigenvalue weighted by Crippen LogP contribution is 2.30. The van der Waals surface area contributed by atoms with Gasteiger partial charge in [0.05, 0.1) is 6.61 Å². The summed E-state index contributed by atoms with van der Waals surface area (Å²) in [4.78, 5) is 11.4. The molecule has 0 bridgehead atoms. The number of para-hydroxylation sites is 1. The van der Waals surface area contributed by atoms with E-state index < -0.39 is 11.9 Å². The number of benzene rings is 1. The van der Waals surface area contributed by atoms with Gasteiger partial charge in [0.1, 0.15) is 11.4 Å². The molecule has 1 aliphatic carbocycles. The van der Waals surface area contributed by atoms with Crippen LogP contribution in [0.4, 0.5) is 19.1 Å².